The lowest BCUT2D eigenvalue weighted by atomic mass is 10.1. The summed E-state index contributed by atoms with van der Waals surface area (Å²) in [6.07, 6.45) is 0. The molecular formula is C16H15N3O. The van der Waals surface area contributed by atoms with E-state index >= 15 is 0 Å². The first-order valence-electron chi connectivity index (χ1n) is 6.27. The molecule has 4 nitrogen and oxygen atoms in total. The van der Waals surface area contributed by atoms with Gasteiger partial charge in [0.2, 0.25) is 0 Å². The molecule has 0 aromatic heterocycles. The van der Waals surface area contributed by atoms with Gasteiger partial charge in [0.25, 0.3) is 0 Å². The number of rotatable bonds is 5. The molecule has 0 atom stereocenters. The van der Waals surface area contributed by atoms with Crippen LogP contribution in [0.1, 0.15) is 12.5 Å². The quantitative estimate of drug-likeness (QED) is 0.390. The minimum absolute atomic E-state index is 0.201. The van der Waals surface area contributed by atoms with E-state index in [2.05, 4.69) is 10.5 Å². The molecule has 0 bridgehead atoms. The van der Waals surface area contributed by atoms with E-state index in [0.29, 0.717) is 0 Å². The number of para-hydroxylation sites is 1. The van der Waals surface area contributed by atoms with Crippen molar-refractivity contribution in [3.63, 3.8) is 0 Å². The molecule has 4 heteroatoms. The van der Waals surface area contributed by atoms with E-state index in [1.165, 1.54) is 0 Å². The van der Waals surface area contributed by atoms with Crippen LogP contribution < -0.4 is 10.2 Å². The zero-order valence-corrected chi connectivity index (χ0v) is 11.2. The number of hydrogen-bond donors (Lipinski definition) is 1. The summed E-state index contributed by atoms with van der Waals surface area (Å²) in [6, 6.07) is 19.3. The molecule has 0 fully saturated rings. The molecule has 0 aliphatic heterocycles. The number of hydrazone groups is 1. The molecule has 0 heterocycles. The van der Waals surface area contributed by atoms with E-state index in [0.717, 1.165) is 22.8 Å². The van der Waals surface area contributed by atoms with Crippen LogP contribution in [0.4, 0.5) is 0 Å². The van der Waals surface area contributed by atoms with Crippen molar-refractivity contribution in [1.82, 2.24) is 5.43 Å². The summed E-state index contributed by atoms with van der Waals surface area (Å²) in [4.78, 5) is 0. The zero-order valence-electron chi connectivity index (χ0n) is 11.2. The summed E-state index contributed by atoms with van der Waals surface area (Å²) in [5.74, 6) is 1.58. The molecule has 0 aliphatic rings. The Morgan fingerprint density at radius 3 is 2.40 bits per heavy atom. The predicted molar refractivity (Wildman–Crippen MR) is 78.8 cm³/mol. The maximum Gasteiger partial charge on any atom is 0.127 e. The van der Waals surface area contributed by atoms with Gasteiger partial charge in [0.05, 0.1) is 11.8 Å². The van der Waals surface area contributed by atoms with Crippen molar-refractivity contribution in [2.75, 3.05) is 6.54 Å². The molecule has 20 heavy (non-hydrogen) atoms. The van der Waals surface area contributed by atoms with Gasteiger partial charge in [-0.1, -0.05) is 18.2 Å². The summed E-state index contributed by atoms with van der Waals surface area (Å²) >= 11 is 0. The van der Waals surface area contributed by atoms with Crippen molar-refractivity contribution < 1.29 is 4.74 Å². The molecule has 2 rings (SSSR count). The molecular weight excluding hydrogens is 250 g/mol. The molecule has 0 spiro atoms. The van der Waals surface area contributed by atoms with Crippen LogP contribution in [-0.4, -0.2) is 12.3 Å². The molecule has 2 aromatic rings. The van der Waals surface area contributed by atoms with Crippen LogP contribution in [0.25, 0.3) is 0 Å². The van der Waals surface area contributed by atoms with Crippen LogP contribution in [0.3, 0.4) is 0 Å². The number of nitriles is 1. The van der Waals surface area contributed by atoms with Crippen LogP contribution >= 0.6 is 0 Å². The van der Waals surface area contributed by atoms with E-state index in [1.807, 2.05) is 67.6 Å². The van der Waals surface area contributed by atoms with Crippen LogP contribution in [0, 0.1) is 11.3 Å². The maximum atomic E-state index is 8.43. The Bertz CT molecular complexity index is 612. The normalized spacial score (nSPS) is 10.7. The van der Waals surface area contributed by atoms with Crippen molar-refractivity contribution >= 4 is 5.71 Å². The minimum Gasteiger partial charge on any atom is -0.457 e. The minimum atomic E-state index is 0.201. The summed E-state index contributed by atoms with van der Waals surface area (Å²) < 4.78 is 5.71. The third-order valence-corrected chi connectivity index (χ3v) is 2.66. The van der Waals surface area contributed by atoms with Crippen LogP contribution in [0.15, 0.2) is 59.7 Å². The van der Waals surface area contributed by atoms with Crippen LogP contribution in [0.5, 0.6) is 11.5 Å². The van der Waals surface area contributed by atoms with Crippen LogP contribution in [0.2, 0.25) is 0 Å². The average molecular weight is 265 g/mol. The summed E-state index contributed by atoms with van der Waals surface area (Å²) in [6.45, 7) is 2.09. The van der Waals surface area contributed by atoms with Crippen molar-refractivity contribution in [3.05, 3.63) is 60.2 Å². The lowest BCUT2D eigenvalue weighted by Gasteiger charge is -2.06. The second-order valence-corrected chi connectivity index (χ2v) is 4.13. The largest absolute Gasteiger partial charge is 0.457 e. The maximum absolute atomic E-state index is 8.43. The second-order valence-electron chi connectivity index (χ2n) is 4.13. The monoisotopic (exact) mass is 265 g/mol. The van der Waals surface area contributed by atoms with Gasteiger partial charge in [-0.05, 0) is 48.9 Å². The molecule has 1 N–H and O–H groups in total. The van der Waals surface area contributed by atoms with E-state index < -0.39 is 0 Å². The summed E-state index contributed by atoms with van der Waals surface area (Å²) in [7, 11) is 0. The number of ether oxygens (including phenoxy) is 1. The highest BCUT2D eigenvalue weighted by atomic mass is 16.5. The van der Waals surface area contributed by atoms with Gasteiger partial charge in [0.1, 0.15) is 18.0 Å². The van der Waals surface area contributed by atoms with Gasteiger partial charge < -0.3 is 4.74 Å². The third-order valence-electron chi connectivity index (χ3n) is 2.66. The van der Waals surface area contributed by atoms with E-state index in [1.54, 1.807) is 0 Å². The highest BCUT2D eigenvalue weighted by Crippen LogP contribution is 2.21. The molecule has 0 saturated carbocycles. The molecule has 0 aliphatic carbocycles. The van der Waals surface area contributed by atoms with Gasteiger partial charge in [0.15, 0.2) is 0 Å². The molecule has 0 unspecified atom stereocenters. The highest BCUT2D eigenvalue weighted by molar-refractivity contribution is 5.98. The highest BCUT2D eigenvalue weighted by Gasteiger charge is 2.00. The predicted octanol–water partition coefficient (Wildman–Crippen LogP) is 3.32. The van der Waals surface area contributed by atoms with Crippen molar-refractivity contribution in [2.45, 2.75) is 6.92 Å². The van der Waals surface area contributed by atoms with Gasteiger partial charge in [-0.25, -0.2) is 0 Å². The number of benzene rings is 2. The van der Waals surface area contributed by atoms with Crippen LogP contribution in [-0.2, 0) is 0 Å². The van der Waals surface area contributed by atoms with Gasteiger partial charge in [-0.2, -0.15) is 10.4 Å². The summed E-state index contributed by atoms with van der Waals surface area (Å²) in [5.41, 5.74) is 4.49. The number of nitrogens with zero attached hydrogens (tertiary/aromatic N) is 2. The first-order chi connectivity index (χ1) is 9.79. The zero-order chi connectivity index (χ0) is 14.2. The first kappa shape index (κ1) is 13.6. The first-order valence-corrected chi connectivity index (χ1v) is 6.27. The lowest BCUT2D eigenvalue weighted by Crippen LogP contribution is -2.09. The van der Waals surface area contributed by atoms with Crippen molar-refractivity contribution in [1.29, 1.82) is 5.26 Å². The third kappa shape index (κ3) is 3.85. The van der Waals surface area contributed by atoms with E-state index in [9.17, 15) is 0 Å². The fraction of sp³-hybridized carbons (Fsp3) is 0.125. The molecule has 100 valence electrons. The Labute approximate surface area is 118 Å². The van der Waals surface area contributed by atoms with E-state index in [4.69, 9.17) is 10.00 Å². The number of hydrogen-bond acceptors (Lipinski definition) is 4. The molecule has 2 aromatic carbocycles. The van der Waals surface area contributed by atoms with Gasteiger partial charge in [-0.3, -0.25) is 5.43 Å². The molecule has 0 amide bonds. The van der Waals surface area contributed by atoms with Gasteiger partial charge in [-0.15, -0.1) is 0 Å². The fourth-order valence-electron chi connectivity index (χ4n) is 1.65. The number of nitrogens with one attached hydrogen (secondary N) is 1. The topological polar surface area (TPSA) is 57.4 Å². The SMILES string of the molecule is CC(=NNCC#N)c1ccc(Oc2ccccc2)cc1. The van der Waals surface area contributed by atoms with Gasteiger partial charge >= 0.3 is 0 Å². The van der Waals surface area contributed by atoms with Crippen molar-refractivity contribution in [2.24, 2.45) is 5.10 Å². The van der Waals surface area contributed by atoms with Gasteiger partial charge in [0, 0.05) is 0 Å². The lowest BCUT2D eigenvalue weighted by molar-refractivity contribution is 0.482. The Balaban J connectivity index is 2.03. The second kappa shape index (κ2) is 6.95. The fourth-order valence-corrected chi connectivity index (χ4v) is 1.65. The Morgan fingerprint density at radius 1 is 1.10 bits per heavy atom. The molecule has 0 radical (unpaired) electrons. The Kier molecular flexibility index (Phi) is 4.74. The summed E-state index contributed by atoms with van der Waals surface area (Å²) in [5, 5.41) is 12.5. The average Bonchev–Trinajstić information content (AvgIpc) is 2.49. The Morgan fingerprint density at radius 2 is 1.75 bits per heavy atom. The smallest absolute Gasteiger partial charge is 0.127 e. The van der Waals surface area contributed by atoms with E-state index in [-0.39, 0.29) is 6.54 Å². The van der Waals surface area contributed by atoms with Crippen molar-refractivity contribution in [3.8, 4) is 17.6 Å². The standard InChI is InChI=1S/C16H15N3O/c1-13(19-18-12-11-17)14-7-9-16(10-8-14)20-15-5-3-2-4-6-15/h2-10,18H,12H2,1H3. The Hall–Kier alpha value is -2.80. The molecule has 0 saturated heterocycles.